The number of aromatic amines is 1. The van der Waals surface area contributed by atoms with Crippen molar-refractivity contribution in [1.82, 2.24) is 9.66 Å². The van der Waals surface area contributed by atoms with Gasteiger partial charge in [-0.2, -0.15) is 4.68 Å². The van der Waals surface area contributed by atoms with Gasteiger partial charge in [0.25, 0.3) is 5.56 Å². The van der Waals surface area contributed by atoms with Gasteiger partial charge in [0.15, 0.2) is 0 Å². The van der Waals surface area contributed by atoms with Crippen molar-refractivity contribution in [2.75, 3.05) is 12.5 Å². The van der Waals surface area contributed by atoms with Crippen molar-refractivity contribution in [2.24, 2.45) is 0 Å². The molecular formula is C8H9N3O2S. The first-order chi connectivity index (χ1) is 6.65. The predicted molar refractivity (Wildman–Crippen MR) is 56.7 cm³/mol. The van der Waals surface area contributed by atoms with Crippen LogP contribution in [0.1, 0.15) is 5.56 Å². The summed E-state index contributed by atoms with van der Waals surface area (Å²) in [7, 11) is 1.53. The molecule has 0 amide bonds. The van der Waals surface area contributed by atoms with E-state index in [0.29, 0.717) is 10.2 Å². The molecule has 0 unspecified atom stereocenters. The number of fused-ring (bicyclic) bond motifs is 1. The molecule has 74 valence electrons. The maximum absolute atomic E-state index is 11.7. The zero-order valence-electron chi connectivity index (χ0n) is 7.75. The zero-order valence-corrected chi connectivity index (χ0v) is 8.57. The highest BCUT2D eigenvalue weighted by Crippen LogP contribution is 2.17. The third-order valence-corrected chi connectivity index (χ3v) is 3.05. The van der Waals surface area contributed by atoms with E-state index in [1.54, 1.807) is 0 Å². The normalized spacial score (nSPS) is 10.7. The number of nitrogens with zero attached hydrogens (tertiary/aromatic N) is 1. The Morgan fingerprint density at radius 1 is 1.50 bits per heavy atom. The summed E-state index contributed by atoms with van der Waals surface area (Å²) in [6, 6.07) is 0. The Labute approximate surface area is 83.0 Å². The molecular weight excluding hydrogens is 202 g/mol. The second kappa shape index (κ2) is 2.98. The molecule has 2 heterocycles. The minimum absolute atomic E-state index is 0.301. The quantitative estimate of drug-likeness (QED) is 0.709. The van der Waals surface area contributed by atoms with E-state index >= 15 is 0 Å². The molecule has 0 bridgehead atoms. The minimum atomic E-state index is -0.438. The van der Waals surface area contributed by atoms with Crippen LogP contribution in [0.5, 0.6) is 0 Å². The van der Waals surface area contributed by atoms with Gasteiger partial charge in [-0.25, -0.2) is 4.79 Å². The molecule has 6 heteroatoms. The highest BCUT2D eigenvalue weighted by atomic mass is 32.1. The number of H-pyrrole nitrogens is 1. The zero-order chi connectivity index (χ0) is 10.3. The van der Waals surface area contributed by atoms with Crippen LogP contribution >= 0.6 is 11.3 Å². The Balaban J connectivity index is 3.05. The van der Waals surface area contributed by atoms with Crippen molar-refractivity contribution in [3.05, 3.63) is 31.8 Å². The van der Waals surface area contributed by atoms with Gasteiger partial charge in [-0.15, -0.1) is 11.3 Å². The van der Waals surface area contributed by atoms with Crippen molar-refractivity contribution in [1.29, 1.82) is 0 Å². The van der Waals surface area contributed by atoms with Crippen LogP contribution in [0, 0.1) is 6.92 Å². The van der Waals surface area contributed by atoms with Crippen molar-refractivity contribution < 1.29 is 0 Å². The molecule has 2 aromatic rings. The molecule has 0 aliphatic carbocycles. The smallest absolute Gasteiger partial charge is 0.322 e. The van der Waals surface area contributed by atoms with E-state index in [0.717, 1.165) is 10.2 Å². The minimum Gasteiger partial charge on any atom is -0.322 e. The van der Waals surface area contributed by atoms with Gasteiger partial charge in [0, 0.05) is 7.05 Å². The summed E-state index contributed by atoms with van der Waals surface area (Å²) < 4.78 is 0.960. The fraction of sp³-hybridized carbons (Fsp3) is 0.250. The molecule has 0 atom stereocenters. The summed E-state index contributed by atoms with van der Waals surface area (Å²) in [5, 5.41) is 2.42. The van der Waals surface area contributed by atoms with E-state index in [1.165, 1.54) is 18.4 Å². The van der Waals surface area contributed by atoms with E-state index < -0.39 is 5.69 Å². The maximum atomic E-state index is 11.7. The monoisotopic (exact) mass is 211 g/mol. The van der Waals surface area contributed by atoms with E-state index in [-0.39, 0.29) is 5.56 Å². The van der Waals surface area contributed by atoms with E-state index in [9.17, 15) is 9.59 Å². The van der Waals surface area contributed by atoms with Crippen LogP contribution in [0.15, 0.2) is 15.0 Å². The Morgan fingerprint density at radius 3 is 2.86 bits per heavy atom. The van der Waals surface area contributed by atoms with E-state index in [1.807, 2.05) is 12.3 Å². The van der Waals surface area contributed by atoms with Crippen LogP contribution in [-0.4, -0.2) is 16.7 Å². The first-order valence-corrected chi connectivity index (χ1v) is 4.94. The number of nitrogens with one attached hydrogen (secondary N) is 2. The van der Waals surface area contributed by atoms with Crippen molar-refractivity contribution in [3.63, 3.8) is 0 Å². The molecule has 0 fully saturated rings. The SMILES string of the molecule is CNn1c(=O)[nH]c2scc(C)c2c1=O. The standard InChI is InChI=1S/C8H9N3O2S/c1-4-3-14-6-5(4)7(12)11(9-2)8(13)10-6/h3,9H,1-2H3,(H,10,13). The molecule has 0 aliphatic rings. The molecule has 0 saturated heterocycles. The summed E-state index contributed by atoms with van der Waals surface area (Å²) in [6.45, 7) is 1.85. The highest BCUT2D eigenvalue weighted by molar-refractivity contribution is 7.16. The first-order valence-electron chi connectivity index (χ1n) is 4.06. The van der Waals surface area contributed by atoms with Gasteiger partial charge in [0.1, 0.15) is 4.83 Å². The Bertz CT molecular complexity index is 593. The highest BCUT2D eigenvalue weighted by Gasteiger charge is 2.09. The average Bonchev–Trinajstić information content (AvgIpc) is 2.48. The lowest BCUT2D eigenvalue weighted by atomic mass is 10.3. The van der Waals surface area contributed by atoms with Gasteiger partial charge in [-0.1, -0.05) is 0 Å². The third-order valence-electron chi connectivity index (χ3n) is 2.04. The van der Waals surface area contributed by atoms with E-state index in [4.69, 9.17) is 0 Å². The molecule has 2 rings (SSSR count). The molecule has 0 saturated carbocycles. The average molecular weight is 211 g/mol. The number of thiophene rings is 1. The van der Waals surface area contributed by atoms with Crippen LogP contribution in [0.3, 0.4) is 0 Å². The number of rotatable bonds is 1. The molecule has 2 aromatic heterocycles. The fourth-order valence-corrected chi connectivity index (χ4v) is 2.29. The second-order valence-corrected chi connectivity index (χ2v) is 3.80. The molecule has 0 aliphatic heterocycles. The van der Waals surface area contributed by atoms with Gasteiger partial charge < -0.3 is 5.43 Å². The predicted octanol–water partition coefficient (Wildman–Crippen LogP) is 0.233. The van der Waals surface area contributed by atoms with Gasteiger partial charge in [0.2, 0.25) is 0 Å². The molecule has 0 spiro atoms. The second-order valence-electron chi connectivity index (χ2n) is 2.92. The van der Waals surface area contributed by atoms with E-state index in [2.05, 4.69) is 10.4 Å². The maximum Gasteiger partial charge on any atom is 0.348 e. The van der Waals surface area contributed by atoms with Gasteiger partial charge in [-0.05, 0) is 17.9 Å². The lowest BCUT2D eigenvalue weighted by Gasteiger charge is -2.01. The molecule has 14 heavy (non-hydrogen) atoms. The summed E-state index contributed by atoms with van der Waals surface area (Å²) in [6.07, 6.45) is 0. The van der Waals surface area contributed by atoms with Crippen LogP contribution < -0.4 is 16.7 Å². The Hall–Kier alpha value is -1.56. The first kappa shape index (κ1) is 9.01. The summed E-state index contributed by atoms with van der Waals surface area (Å²) in [5.41, 5.74) is 2.68. The van der Waals surface area contributed by atoms with Crippen LogP contribution in [0.4, 0.5) is 0 Å². The molecule has 5 nitrogen and oxygen atoms in total. The number of aromatic nitrogens is 2. The van der Waals surface area contributed by atoms with Crippen molar-refractivity contribution in [2.45, 2.75) is 6.92 Å². The Kier molecular flexibility index (Phi) is 1.92. The summed E-state index contributed by atoms with van der Waals surface area (Å²) in [4.78, 5) is 26.4. The summed E-state index contributed by atoms with van der Waals surface area (Å²) in [5.74, 6) is 0. The molecule has 0 radical (unpaired) electrons. The van der Waals surface area contributed by atoms with Crippen molar-refractivity contribution >= 4 is 21.6 Å². The largest absolute Gasteiger partial charge is 0.348 e. The van der Waals surface area contributed by atoms with Gasteiger partial charge in [-0.3, -0.25) is 9.78 Å². The Morgan fingerprint density at radius 2 is 2.21 bits per heavy atom. The fourth-order valence-electron chi connectivity index (χ4n) is 1.36. The van der Waals surface area contributed by atoms with Crippen LogP contribution in [0.25, 0.3) is 10.2 Å². The van der Waals surface area contributed by atoms with Crippen molar-refractivity contribution in [3.8, 4) is 0 Å². The molecule has 0 aromatic carbocycles. The number of aryl methyl sites for hydroxylation is 1. The van der Waals surface area contributed by atoms with Gasteiger partial charge in [0.05, 0.1) is 5.39 Å². The summed E-state index contributed by atoms with van der Waals surface area (Å²) >= 11 is 1.36. The lowest BCUT2D eigenvalue weighted by molar-refractivity contribution is 0.808. The number of hydrogen-bond acceptors (Lipinski definition) is 4. The topological polar surface area (TPSA) is 66.9 Å². The van der Waals surface area contributed by atoms with Crippen LogP contribution in [0.2, 0.25) is 0 Å². The number of hydrogen-bond donors (Lipinski definition) is 2. The molecule has 2 N–H and O–H groups in total. The van der Waals surface area contributed by atoms with Gasteiger partial charge >= 0.3 is 5.69 Å². The van der Waals surface area contributed by atoms with Crippen LogP contribution in [-0.2, 0) is 0 Å². The third kappa shape index (κ3) is 1.07. The lowest BCUT2D eigenvalue weighted by Crippen LogP contribution is -2.39.